The van der Waals surface area contributed by atoms with E-state index in [0.29, 0.717) is 18.7 Å². The molecule has 0 amide bonds. The number of hydrogen-bond acceptors (Lipinski definition) is 3. The summed E-state index contributed by atoms with van der Waals surface area (Å²) in [5, 5.41) is 0. The summed E-state index contributed by atoms with van der Waals surface area (Å²) in [5.74, 6) is 0.480. The number of pyridine rings is 1. The van der Waals surface area contributed by atoms with Crippen LogP contribution in [0.5, 0.6) is 5.75 Å². The predicted octanol–water partition coefficient (Wildman–Crippen LogP) is 2.30. The molecule has 0 aliphatic heterocycles. The van der Waals surface area contributed by atoms with Crippen molar-refractivity contribution in [2.75, 3.05) is 13.2 Å². The molecule has 0 aliphatic rings. The van der Waals surface area contributed by atoms with Crippen molar-refractivity contribution in [1.82, 2.24) is 4.98 Å². The molecule has 17 heavy (non-hydrogen) atoms. The third-order valence-corrected chi connectivity index (χ3v) is 2.07. The first-order chi connectivity index (χ1) is 8.01. The van der Waals surface area contributed by atoms with E-state index in [1.54, 1.807) is 12.1 Å². The lowest BCUT2D eigenvalue weighted by Crippen LogP contribution is -2.10. The SMILES string of the molecule is NCCc1ccc(OCCCC(F)(F)F)cn1. The summed E-state index contributed by atoms with van der Waals surface area (Å²) < 4.78 is 40.7. The van der Waals surface area contributed by atoms with Gasteiger partial charge in [0, 0.05) is 18.5 Å². The number of halogens is 3. The van der Waals surface area contributed by atoms with Gasteiger partial charge in [0.1, 0.15) is 5.75 Å². The molecule has 1 aromatic rings. The number of hydrogen-bond donors (Lipinski definition) is 1. The summed E-state index contributed by atoms with van der Waals surface area (Å²) in [6, 6.07) is 3.44. The molecule has 0 saturated heterocycles. The molecule has 0 atom stereocenters. The van der Waals surface area contributed by atoms with Gasteiger partial charge in [0.15, 0.2) is 0 Å². The quantitative estimate of drug-likeness (QED) is 0.786. The molecule has 1 heterocycles. The van der Waals surface area contributed by atoms with Gasteiger partial charge < -0.3 is 10.5 Å². The molecule has 0 saturated carbocycles. The molecule has 0 aliphatic carbocycles. The standard InChI is InChI=1S/C11H15F3N2O/c12-11(13,14)5-1-7-17-10-3-2-9(4-6-15)16-8-10/h2-3,8H,1,4-7,15H2. The molecule has 0 spiro atoms. The van der Waals surface area contributed by atoms with E-state index in [1.807, 2.05) is 0 Å². The molecule has 0 unspecified atom stereocenters. The van der Waals surface area contributed by atoms with Crippen LogP contribution in [0.25, 0.3) is 0 Å². The zero-order valence-electron chi connectivity index (χ0n) is 9.33. The van der Waals surface area contributed by atoms with Crippen molar-refractivity contribution in [3.05, 3.63) is 24.0 Å². The minimum atomic E-state index is -4.12. The van der Waals surface area contributed by atoms with Gasteiger partial charge >= 0.3 is 6.18 Å². The van der Waals surface area contributed by atoms with Crippen LogP contribution < -0.4 is 10.5 Å². The van der Waals surface area contributed by atoms with Gasteiger partial charge in [-0.1, -0.05) is 0 Å². The summed E-state index contributed by atoms with van der Waals surface area (Å²) in [7, 11) is 0. The Hall–Kier alpha value is -1.30. The van der Waals surface area contributed by atoms with Gasteiger partial charge in [0.2, 0.25) is 0 Å². The van der Waals surface area contributed by atoms with Gasteiger partial charge in [0.25, 0.3) is 0 Å². The second kappa shape index (κ2) is 6.44. The van der Waals surface area contributed by atoms with Crippen LogP contribution in [0.2, 0.25) is 0 Å². The van der Waals surface area contributed by atoms with Crippen molar-refractivity contribution in [1.29, 1.82) is 0 Å². The molecule has 0 radical (unpaired) electrons. The molecule has 6 heteroatoms. The van der Waals surface area contributed by atoms with Gasteiger partial charge in [0.05, 0.1) is 12.8 Å². The number of alkyl halides is 3. The molecule has 1 aromatic heterocycles. The van der Waals surface area contributed by atoms with Crippen LogP contribution in [-0.4, -0.2) is 24.3 Å². The first-order valence-electron chi connectivity index (χ1n) is 5.36. The van der Waals surface area contributed by atoms with Crippen molar-refractivity contribution >= 4 is 0 Å². The van der Waals surface area contributed by atoms with E-state index in [1.165, 1.54) is 6.20 Å². The summed E-state index contributed by atoms with van der Waals surface area (Å²) >= 11 is 0. The van der Waals surface area contributed by atoms with Gasteiger partial charge in [-0.05, 0) is 25.1 Å². The van der Waals surface area contributed by atoms with Crippen molar-refractivity contribution < 1.29 is 17.9 Å². The average Bonchev–Trinajstić information content (AvgIpc) is 2.26. The molecular weight excluding hydrogens is 233 g/mol. The lowest BCUT2D eigenvalue weighted by Gasteiger charge is -2.08. The molecular formula is C11H15F3N2O. The monoisotopic (exact) mass is 248 g/mol. The Labute approximate surface area is 97.8 Å². The second-order valence-corrected chi connectivity index (χ2v) is 3.59. The second-order valence-electron chi connectivity index (χ2n) is 3.59. The number of ether oxygens (including phenoxy) is 1. The minimum absolute atomic E-state index is 0.0391. The van der Waals surface area contributed by atoms with Crippen molar-refractivity contribution in [2.24, 2.45) is 5.73 Å². The molecule has 0 aromatic carbocycles. The fraction of sp³-hybridized carbons (Fsp3) is 0.545. The number of nitrogens with zero attached hydrogens (tertiary/aromatic N) is 1. The van der Waals surface area contributed by atoms with E-state index in [2.05, 4.69) is 4.98 Å². The van der Waals surface area contributed by atoms with E-state index in [4.69, 9.17) is 10.5 Å². The van der Waals surface area contributed by atoms with Crippen molar-refractivity contribution in [3.63, 3.8) is 0 Å². The number of nitrogens with two attached hydrogens (primary N) is 1. The topological polar surface area (TPSA) is 48.1 Å². The Bertz CT molecular complexity index is 324. The third kappa shape index (κ3) is 6.11. The smallest absolute Gasteiger partial charge is 0.389 e. The maximum Gasteiger partial charge on any atom is 0.389 e. The highest BCUT2D eigenvalue weighted by atomic mass is 19.4. The largest absolute Gasteiger partial charge is 0.492 e. The first-order valence-corrected chi connectivity index (χ1v) is 5.36. The van der Waals surface area contributed by atoms with Gasteiger partial charge in [-0.15, -0.1) is 0 Å². The molecule has 0 fully saturated rings. The van der Waals surface area contributed by atoms with Crippen LogP contribution in [0.1, 0.15) is 18.5 Å². The summed E-state index contributed by atoms with van der Waals surface area (Å²) in [4.78, 5) is 4.07. The van der Waals surface area contributed by atoms with Crippen LogP contribution >= 0.6 is 0 Å². The number of aromatic nitrogens is 1. The molecule has 96 valence electrons. The third-order valence-electron chi connectivity index (χ3n) is 2.07. The highest BCUT2D eigenvalue weighted by molar-refractivity contribution is 5.19. The molecule has 3 nitrogen and oxygen atoms in total. The van der Waals surface area contributed by atoms with Crippen molar-refractivity contribution in [2.45, 2.75) is 25.4 Å². The highest BCUT2D eigenvalue weighted by Crippen LogP contribution is 2.21. The summed E-state index contributed by atoms with van der Waals surface area (Å²) in [6.07, 6.45) is -2.82. The van der Waals surface area contributed by atoms with Gasteiger partial charge in [-0.25, -0.2) is 0 Å². The van der Waals surface area contributed by atoms with E-state index >= 15 is 0 Å². The Morgan fingerprint density at radius 1 is 1.29 bits per heavy atom. The molecule has 0 bridgehead atoms. The zero-order chi connectivity index (χ0) is 12.7. The fourth-order valence-electron chi connectivity index (χ4n) is 1.25. The van der Waals surface area contributed by atoms with Crippen LogP contribution in [-0.2, 0) is 6.42 Å². The van der Waals surface area contributed by atoms with Crippen LogP contribution in [0, 0.1) is 0 Å². The summed E-state index contributed by atoms with van der Waals surface area (Å²) in [5.41, 5.74) is 6.20. The van der Waals surface area contributed by atoms with Gasteiger partial charge in [-0.2, -0.15) is 13.2 Å². The highest BCUT2D eigenvalue weighted by Gasteiger charge is 2.26. The molecule has 1 rings (SSSR count). The normalized spacial score (nSPS) is 11.5. The van der Waals surface area contributed by atoms with E-state index in [0.717, 1.165) is 5.69 Å². The van der Waals surface area contributed by atoms with Crippen molar-refractivity contribution in [3.8, 4) is 5.75 Å². The van der Waals surface area contributed by atoms with Crippen LogP contribution in [0.15, 0.2) is 18.3 Å². The van der Waals surface area contributed by atoms with E-state index < -0.39 is 12.6 Å². The lowest BCUT2D eigenvalue weighted by molar-refractivity contribution is -0.136. The predicted molar refractivity (Wildman–Crippen MR) is 57.8 cm³/mol. The van der Waals surface area contributed by atoms with Crippen LogP contribution in [0.4, 0.5) is 13.2 Å². The first kappa shape index (κ1) is 13.8. The Kier molecular flexibility index (Phi) is 5.21. The zero-order valence-corrected chi connectivity index (χ0v) is 9.33. The molecule has 2 N–H and O–H groups in total. The maximum absolute atomic E-state index is 11.8. The fourth-order valence-corrected chi connectivity index (χ4v) is 1.25. The Morgan fingerprint density at radius 3 is 2.59 bits per heavy atom. The van der Waals surface area contributed by atoms with Gasteiger partial charge in [-0.3, -0.25) is 4.98 Å². The number of rotatable bonds is 6. The lowest BCUT2D eigenvalue weighted by atomic mass is 10.3. The van der Waals surface area contributed by atoms with Crippen LogP contribution in [0.3, 0.4) is 0 Å². The maximum atomic E-state index is 11.8. The average molecular weight is 248 g/mol. The Balaban J connectivity index is 2.27. The summed E-state index contributed by atoms with van der Waals surface area (Å²) in [6.45, 7) is 0.552. The van der Waals surface area contributed by atoms with E-state index in [-0.39, 0.29) is 13.0 Å². The minimum Gasteiger partial charge on any atom is -0.492 e. The Morgan fingerprint density at radius 2 is 2.06 bits per heavy atom. The van der Waals surface area contributed by atoms with E-state index in [9.17, 15) is 13.2 Å².